The summed E-state index contributed by atoms with van der Waals surface area (Å²) in [5.41, 5.74) is 1.28. The number of nitrogens with zero attached hydrogens (tertiary/aromatic N) is 4. The first kappa shape index (κ1) is 18.1. The maximum absolute atomic E-state index is 12.3. The van der Waals surface area contributed by atoms with Gasteiger partial charge in [0.25, 0.3) is 5.91 Å². The van der Waals surface area contributed by atoms with Gasteiger partial charge in [-0.05, 0) is 77.2 Å². The van der Waals surface area contributed by atoms with Crippen LogP contribution in [-0.2, 0) is 0 Å². The van der Waals surface area contributed by atoms with Crippen LogP contribution in [0.15, 0.2) is 79.4 Å². The van der Waals surface area contributed by atoms with Gasteiger partial charge in [-0.25, -0.2) is 4.98 Å². The van der Waals surface area contributed by atoms with E-state index in [1.165, 1.54) is 0 Å². The standard InChI is InChI=1S/C20H14IN5O2/c21-15-3-1-14(2-4-15)20(27)23-16-5-7-17(8-6-16)28-19-10-9-18(24-25-19)26-12-11-22-13-26/h1-13H,(H,23,27). The molecule has 0 aliphatic carbocycles. The van der Waals surface area contributed by atoms with Gasteiger partial charge in [-0.15, -0.1) is 10.2 Å². The largest absolute Gasteiger partial charge is 0.438 e. The molecule has 28 heavy (non-hydrogen) atoms. The van der Waals surface area contributed by atoms with E-state index in [4.69, 9.17) is 4.74 Å². The molecule has 0 bridgehead atoms. The second-order valence-corrected chi connectivity index (χ2v) is 7.03. The molecule has 4 aromatic rings. The first-order chi connectivity index (χ1) is 13.7. The number of nitrogens with one attached hydrogen (secondary N) is 1. The number of amides is 1. The summed E-state index contributed by atoms with van der Waals surface area (Å²) in [5.74, 6) is 1.46. The third-order valence-electron chi connectivity index (χ3n) is 3.84. The summed E-state index contributed by atoms with van der Waals surface area (Å²) in [4.78, 5) is 16.2. The van der Waals surface area contributed by atoms with Crippen LogP contribution in [0.2, 0.25) is 0 Å². The molecule has 0 unspecified atom stereocenters. The molecule has 8 heteroatoms. The molecule has 0 saturated carbocycles. The van der Waals surface area contributed by atoms with Crippen molar-refractivity contribution in [2.75, 3.05) is 5.32 Å². The summed E-state index contributed by atoms with van der Waals surface area (Å²) < 4.78 is 8.53. The molecule has 2 aromatic heterocycles. The Balaban J connectivity index is 1.39. The van der Waals surface area contributed by atoms with Gasteiger partial charge in [0.15, 0.2) is 5.82 Å². The molecule has 2 heterocycles. The number of rotatable bonds is 5. The Labute approximate surface area is 174 Å². The van der Waals surface area contributed by atoms with E-state index in [1.54, 1.807) is 71.8 Å². The average Bonchev–Trinajstić information content (AvgIpc) is 3.25. The van der Waals surface area contributed by atoms with Crippen molar-refractivity contribution in [3.8, 4) is 17.4 Å². The number of halogens is 1. The topological polar surface area (TPSA) is 81.9 Å². The third-order valence-corrected chi connectivity index (χ3v) is 4.56. The number of ether oxygens (including phenoxy) is 1. The minimum Gasteiger partial charge on any atom is -0.438 e. The smallest absolute Gasteiger partial charge is 0.255 e. The van der Waals surface area contributed by atoms with Gasteiger partial charge in [-0.3, -0.25) is 9.36 Å². The lowest BCUT2D eigenvalue weighted by molar-refractivity contribution is 0.102. The molecule has 0 saturated heterocycles. The maximum Gasteiger partial charge on any atom is 0.255 e. The molecule has 1 amide bonds. The van der Waals surface area contributed by atoms with Crippen LogP contribution in [0.4, 0.5) is 5.69 Å². The Morgan fingerprint density at radius 2 is 1.75 bits per heavy atom. The Bertz CT molecular complexity index is 1060. The lowest BCUT2D eigenvalue weighted by Gasteiger charge is -2.08. The van der Waals surface area contributed by atoms with Crippen molar-refractivity contribution < 1.29 is 9.53 Å². The van der Waals surface area contributed by atoms with Gasteiger partial charge in [0.2, 0.25) is 5.88 Å². The monoisotopic (exact) mass is 483 g/mol. The first-order valence-corrected chi connectivity index (χ1v) is 9.42. The summed E-state index contributed by atoms with van der Waals surface area (Å²) in [6, 6.07) is 18.0. The van der Waals surface area contributed by atoms with E-state index in [9.17, 15) is 4.79 Å². The van der Waals surface area contributed by atoms with E-state index in [-0.39, 0.29) is 5.91 Å². The van der Waals surface area contributed by atoms with Gasteiger partial charge < -0.3 is 10.1 Å². The average molecular weight is 483 g/mol. The molecular formula is C20H14IN5O2. The van der Waals surface area contributed by atoms with Crippen molar-refractivity contribution in [1.82, 2.24) is 19.7 Å². The van der Waals surface area contributed by atoms with E-state index in [2.05, 4.69) is 43.1 Å². The number of aromatic nitrogens is 4. The van der Waals surface area contributed by atoms with Gasteiger partial charge in [-0.1, -0.05) is 0 Å². The quantitative estimate of drug-likeness (QED) is 0.428. The highest BCUT2D eigenvalue weighted by atomic mass is 127. The molecule has 0 spiro atoms. The highest BCUT2D eigenvalue weighted by molar-refractivity contribution is 14.1. The molecule has 0 aliphatic rings. The lowest BCUT2D eigenvalue weighted by atomic mass is 10.2. The third kappa shape index (κ3) is 4.34. The molecule has 1 N–H and O–H groups in total. The van der Waals surface area contributed by atoms with Gasteiger partial charge in [0.1, 0.15) is 12.1 Å². The van der Waals surface area contributed by atoms with E-state index in [0.717, 1.165) is 3.57 Å². The predicted molar refractivity (Wildman–Crippen MR) is 113 cm³/mol. The SMILES string of the molecule is O=C(Nc1ccc(Oc2ccc(-n3ccnc3)nn2)cc1)c1ccc(I)cc1. The normalized spacial score (nSPS) is 10.5. The van der Waals surface area contributed by atoms with Crippen molar-refractivity contribution in [3.05, 3.63) is 88.5 Å². The molecular weight excluding hydrogens is 469 g/mol. The van der Waals surface area contributed by atoms with Crippen LogP contribution in [-0.4, -0.2) is 25.7 Å². The van der Waals surface area contributed by atoms with Crippen LogP contribution in [0.1, 0.15) is 10.4 Å². The number of anilines is 1. The second-order valence-electron chi connectivity index (χ2n) is 5.79. The van der Waals surface area contributed by atoms with E-state index >= 15 is 0 Å². The first-order valence-electron chi connectivity index (χ1n) is 8.34. The lowest BCUT2D eigenvalue weighted by Crippen LogP contribution is -2.11. The number of carbonyl (C=O) groups excluding carboxylic acids is 1. The Hall–Kier alpha value is -3.27. The van der Waals surface area contributed by atoms with Crippen molar-refractivity contribution in [2.24, 2.45) is 0 Å². The second kappa shape index (κ2) is 8.17. The molecule has 0 radical (unpaired) electrons. The molecule has 0 fully saturated rings. The molecule has 0 atom stereocenters. The fraction of sp³-hybridized carbons (Fsp3) is 0. The fourth-order valence-corrected chi connectivity index (χ4v) is 2.79. The van der Waals surface area contributed by atoms with Crippen LogP contribution in [0.25, 0.3) is 5.82 Å². The zero-order chi connectivity index (χ0) is 19.3. The number of hydrogen-bond acceptors (Lipinski definition) is 5. The van der Waals surface area contributed by atoms with Crippen molar-refractivity contribution in [2.45, 2.75) is 0 Å². The predicted octanol–water partition coefficient (Wildman–Crippen LogP) is 4.31. The van der Waals surface area contributed by atoms with Gasteiger partial charge in [-0.2, -0.15) is 0 Å². The van der Waals surface area contributed by atoms with Gasteiger partial charge in [0.05, 0.1) is 0 Å². The van der Waals surface area contributed by atoms with Crippen molar-refractivity contribution >= 4 is 34.2 Å². The Morgan fingerprint density at radius 1 is 0.964 bits per heavy atom. The summed E-state index contributed by atoms with van der Waals surface area (Å²) in [7, 11) is 0. The number of hydrogen-bond donors (Lipinski definition) is 1. The summed E-state index contributed by atoms with van der Waals surface area (Å²) in [6.45, 7) is 0. The Kier molecular flexibility index (Phi) is 5.29. The number of benzene rings is 2. The van der Waals surface area contributed by atoms with Crippen LogP contribution in [0.5, 0.6) is 11.6 Å². The van der Waals surface area contributed by atoms with Crippen molar-refractivity contribution in [3.63, 3.8) is 0 Å². The van der Waals surface area contributed by atoms with E-state index in [0.29, 0.717) is 28.7 Å². The fourth-order valence-electron chi connectivity index (χ4n) is 2.43. The molecule has 0 aliphatic heterocycles. The summed E-state index contributed by atoms with van der Waals surface area (Å²) in [5, 5.41) is 11.0. The van der Waals surface area contributed by atoms with Crippen LogP contribution >= 0.6 is 22.6 Å². The van der Waals surface area contributed by atoms with Gasteiger partial charge >= 0.3 is 0 Å². The summed E-state index contributed by atoms with van der Waals surface area (Å²) >= 11 is 2.20. The number of carbonyl (C=O) groups is 1. The van der Waals surface area contributed by atoms with Crippen LogP contribution in [0, 0.1) is 3.57 Å². The summed E-state index contributed by atoms with van der Waals surface area (Å²) in [6.07, 6.45) is 5.10. The molecule has 7 nitrogen and oxygen atoms in total. The van der Waals surface area contributed by atoms with Crippen molar-refractivity contribution in [1.29, 1.82) is 0 Å². The highest BCUT2D eigenvalue weighted by Crippen LogP contribution is 2.22. The highest BCUT2D eigenvalue weighted by Gasteiger charge is 2.07. The minimum atomic E-state index is -0.161. The number of imidazole rings is 1. The van der Waals surface area contributed by atoms with Gasteiger partial charge in [0, 0.05) is 33.3 Å². The Morgan fingerprint density at radius 3 is 2.39 bits per heavy atom. The van der Waals surface area contributed by atoms with E-state index in [1.807, 2.05) is 12.1 Å². The van der Waals surface area contributed by atoms with E-state index < -0.39 is 0 Å². The van der Waals surface area contributed by atoms with Crippen LogP contribution in [0.3, 0.4) is 0 Å². The zero-order valence-electron chi connectivity index (χ0n) is 14.5. The molecule has 138 valence electrons. The molecule has 2 aromatic carbocycles. The zero-order valence-corrected chi connectivity index (χ0v) is 16.6. The minimum absolute atomic E-state index is 0.161. The maximum atomic E-state index is 12.3. The molecule has 4 rings (SSSR count). The van der Waals surface area contributed by atoms with Crippen LogP contribution < -0.4 is 10.1 Å².